The minimum Gasteiger partial charge on any atom is -0.333 e. The molecule has 0 spiro atoms. The van der Waals surface area contributed by atoms with E-state index in [0.29, 0.717) is 5.56 Å². The summed E-state index contributed by atoms with van der Waals surface area (Å²) in [5.74, 6) is 0.646. The van der Waals surface area contributed by atoms with Gasteiger partial charge < -0.3 is 9.88 Å². The van der Waals surface area contributed by atoms with Gasteiger partial charge in [0.15, 0.2) is 0 Å². The molecule has 0 saturated carbocycles. The Balaban J connectivity index is 2.39. The number of hydrogen-bond donors (Lipinski definition) is 1. The van der Waals surface area contributed by atoms with Gasteiger partial charge >= 0.3 is 0 Å². The van der Waals surface area contributed by atoms with Crippen LogP contribution in [0.5, 0.6) is 0 Å². The lowest BCUT2D eigenvalue weighted by Gasteiger charge is -2.18. The van der Waals surface area contributed by atoms with Crippen molar-refractivity contribution in [3.05, 3.63) is 53.9 Å². The predicted molar refractivity (Wildman–Crippen MR) is 69.8 cm³/mol. The highest BCUT2D eigenvalue weighted by molar-refractivity contribution is 5.26. The highest BCUT2D eigenvalue weighted by Crippen LogP contribution is 2.23. The average molecular weight is 247 g/mol. The Bertz CT molecular complexity index is 507. The molecule has 0 aliphatic carbocycles. The van der Waals surface area contributed by atoms with E-state index in [1.54, 1.807) is 18.3 Å². The van der Waals surface area contributed by atoms with Crippen molar-refractivity contribution in [1.82, 2.24) is 14.9 Å². The molecule has 0 fully saturated rings. The molecule has 0 saturated heterocycles. The Morgan fingerprint density at radius 2 is 2.17 bits per heavy atom. The topological polar surface area (TPSA) is 29.9 Å². The molecule has 0 bridgehead atoms. The largest absolute Gasteiger partial charge is 0.333 e. The van der Waals surface area contributed by atoms with Gasteiger partial charge in [0.05, 0.1) is 6.04 Å². The molecule has 1 N–H and O–H groups in total. The third kappa shape index (κ3) is 2.43. The maximum absolute atomic E-state index is 13.9. The summed E-state index contributed by atoms with van der Waals surface area (Å²) in [6.45, 7) is 3.00. The molecule has 0 aliphatic rings. The number of hydrogen-bond acceptors (Lipinski definition) is 2. The van der Waals surface area contributed by atoms with E-state index < -0.39 is 0 Å². The number of rotatable bonds is 5. The molecule has 4 heteroatoms. The van der Waals surface area contributed by atoms with E-state index in [0.717, 1.165) is 18.8 Å². The summed E-state index contributed by atoms with van der Waals surface area (Å²) in [5.41, 5.74) is 0.628. The number of nitrogens with one attached hydrogen (secondary N) is 1. The monoisotopic (exact) mass is 247 g/mol. The van der Waals surface area contributed by atoms with Gasteiger partial charge in [0.1, 0.15) is 11.6 Å². The van der Waals surface area contributed by atoms with Gasteiger partial charge in [0.25, 0.3) is 0 Å². The van der Waals surface area contributed by atoms with Gasteiger partial charge in [-0.05, 0) is 19.5 Å². The minimum atomic E-state index is -0.215. The van der Waals surface area contributed by atoms with Crippen LogP contribution in [-0.2, 0) is 6.54 Å². The highest BCUT2D eigenvalue weighted by atomic mass is 19.1. The summed E-state index contributed by atoms with van der Waals surface area (Å²) in [6.07, 6.45) is 4.72. The molecule has 96 valence electrons. The first kappa shape index (κ1) is 12.8. The second-order valence-corrected chi connectivity index (χ2v) is 4.22. The van der Waals surface area contributed by atoms with Crippen molar-refractivity contribution in [2.45, 2.75) is 25.9 Å². The number of aryl methyl sites for hydroxylation is 1. The standard InChI is InChI=1S/C14H18FN3/c1-3-9-18-10-8-17-14(18)13(16-2)11-6-4-5-7-12(11)15/h4-8,10,13,16H,3,9H2,1-2H3. The zero-order valence-electron chi connectivity index (χ0n) is 10.7. The molecule has 1 aromatic carbocycles. The normalized spacial score (nSPS) is 12.6. The summed E-state index contributed by atoms with van der Waals surface area (Å²) in [6, 6.07) is 6.60. The molecule has 0 amide bonds. The molecule has 1 atom stereocenters. The van der Waals surface area contributed by atoms with Gasteiger partial charge in [-0.1, -0.05) is 25.1 Å². The van der Waals surface area contributed by atoms with Crippen molar-refractivity contribution in [1.29, 1.82) is 0 Å². The van der Waals surface area contributed by atoms with Crippen molar-refractivity contribution < 1.29 is 4.39 Å². The fraction of sp³-hybridized carbons (Fsp3) is 0.357. The van der Waals surface area contributed by atoms with Crippen LogP contribution >= 0.6 is 0 Å². The van der Waals surface area contributed by atoms with Crippen molar-refractivity contribution in [2.24, 2.45) is 0 Å². The first-order chi connectivity index (χ1) is 8.77. The molecule has 2 rings (SSSR count). The van der Waals surface area contributed by atoms with Gasteiger partial charge in [-0.25, -0.2) is 9.37 Å². The van der Waals surface area contributed by atoms with Crippen LogP contribution in [0, 0.1) is 5.82 Å². The molecule has 18 heavy (non-hydrogen) atoms. The zero-order chi connectivity index (χ0) is 13.0. The number of aromatic nitrogens is 2. The SMILES string of the molecule is CCCn1ccnc1C(NC)c1ccccc1F. The molecular formula is C14H18FN3. The van der Waals surface area contributed by atoms with Crippen LogP contribution in [-0.4, -0.2) is 16.6 Å². The molecule has 3 nitrogen and oxygen atoms in total. The fourth-order valence-electron chi connectivity index (χ4n) is 2.14. The van der Waals surface area contributed by atoms with Crippen LogP contribution in [0.1, 0.15) is 30.8 Å². The van der Waals surface area contributed by atoms with Crippen molar-refractivity contribution in [3.8, 4) is 0 Å². The van der Waals surface area contributed by atoms with Crippen LogP contribution in [0.25, 0.3) is 0 Å². The Labute approximate surface area is 107 Å². The molecule has 1 aromatic heterocycles. The Kier molecular flexibility index (Phi) is 4.10. The molecule has 0 radical (unpaired) electrons. The fourth-order valence-corrected chi connectivity index (χ4v) is 2.14. The van der Waals surface area contributed by atoms with Gasteiger partial charge in [0, 0.05) is 24.5 Å². The lowest BCUT2D eigenvalue weighted by atomic mass is 10.1. The number of nitrogens with zero attached hydrogens (tertiary/aromatic N) is 2. The average Bonchev–Trinajstić information content (AvgIpc) is 2.82. The number of imidazole rings is 1. The van der Waals surface area contributed by atoms with E-state index in [2.05, 4.69) is 21.8 Å². The second kappa shape index (κ2) is 5.78. The Morgan fingerprint density at radius 3 is 2.83 bits per heavy atom. The first-order valence-corrected chi connectivity index (χ1v) is 6.20. The Morgan fingerprint density at radius 1 is 1.39 bits per heavy atom. The van der Waals surface area contributed by atoms with Crippen molar-refractivity contribution in [2.75, 3.05) is 7.05 Å². The summed E-state index contributed by atoms with van der Waals surface area (Å²) in [7, 11) is 1.82. The summed E-state index contributed by atoms with van der Waals surface area (Å²) in [5, 5.41) is 3.14. The molecule has 1 unspecified atom stereocenters. The zero-order valence-corrected chi connectivity index (χ0v) is 10.7. The second-order valence-electron chi connectivity index (χ2n) is 4.22. The van der Waals surface area contributed by atoms with Crippen LogP contribution < -0.4 is 5.32 Å². The van der Waals surface area contributed by atoms with Gasteiger partial charge in [-0.3, -0.25) is 0 Å². The predicted octanol–water partition coefficient (Wildman–Crippen LogP) is 2.74. The van der Waals surface area contributed by atoms with E-state index in [-0.39, 0.29) is 11.9 Å². The van der Waals surface area contributed by atoms with Crippen LogP contribution in [0.4, 0.5) is 4.39 Å². The third-order valence-corrected chi connectivity index (χ3v) is 2.98. The Hall–Kier alpha value is -1.68. The molecule has 1 heterocycles. The smallest absolute Gasteiger partial charge is 0.130 e. The quantitative estimate of drug-likeness (QED) is 0.880. The first-order valence-electron chi connectivity index (χ1n) is 6.20. The van der Waals surface area contributed by atoms with E-state index in [9.17, 15) is 4.39 Å². The molecule has 2 aromatic rings. The third-order valence-electron chi connectivity index (χ3n) is 2.98. The van der Waals surface area contributed by atoms with E-state index in [4.69, 9.17) is 0 Å². The summed E-state index contributed by atoms with van der Waals surface area (Å²) in [4.78, 5) is 4.36. The van der Waals surface area contributed by atoms with E-state index in [1.807, 2.05) is 19.3 Å². The van der Waals surface area contributed by atoms with E-state index >= 15 is 0 Å². The van der Waals surface area contributed by atoms with Gasteiger partial charge in [0.2, 0.25) is 0 Å². The maximum atomic E-state index is 13.9. The number of halogens is 1. The van der Waals surface area contributed by atoms with Crippen molar-refractivity contribution in [3.63, 3.8) is 0 Å². The summed E-state index contributed by atoms with van der Waals surface area (Å²) < 4.78 is 15.9. The van der Waals surface area contributed by atoms with Crippen LogP contribution in [0.2, 0.25) is 0 Å². The summed E-state index contributed by atoms with van der Waals surface area (Å²) >= 11 is 0. The van der Waals surface area contributed by atoms with Gasteiger partial charge in [-0.2, -0.15) is 0 Å². The minimum absolute atomic E-state index is 0.206. The van der Waals surface area contributed by atoms with Crippen LogP contribution in [0.3, 0.4) is 0 Å². The van der Waals surface area contributed by atoms with E-state index in [1.165, 1.54) is 6.07 Å². The number of benzene rings is 1. The maximum Gasteiger partial charge on any atom is 0.130 e. The lowest BCUT2D eigenvalue weighted by molar-refractivity contribution is 0.533. The van der Waals surface area contributed by atoms with Gasteiger partial charge in [-0.15, -0.1) is 0 Å². The van der Waals surface area contributed by atoms with Crippen LogP contribution in [0.15, 0.2) is 36.7 Å². The highest BCUT2D eigenvalue weighted by Gasteiger charge is 2.19. The molecule has 0 aliphatic heterocycles. The molecular weight excluding hydrogens is 229 g/mol. The van der Waals surface area contributed by atoms with Crippen molar-refractivity contribution >= 4 is 0 Å². The lowest BCUT2D eigenvalue weighted by Crippen LogP contribution is -2.23.